The van der Waals surface area contributed by atoms with Crippen molar-refractivity contribution >= 4 is 11.7 Å². The largest absolute Gasteiger partial charge is 0.497 e. The molecule has 1 aromatic carbocycles. The lowest BCUT2D eigenvalue weighted by Crippen LogP contribution is -2.37. The second-order valence-electron chi connectivity index (χ2n) is 4.21. The average molecular weight is 266 g/mol. The van der Waals surface area contributed by atoms with Crippen molar-refractivity contribution in [2.45, 2.75) is 6.29 Å². The molecule has 6 nitrogen and oxygen atoms in total. The molecule has 0 radical (unpaired) electrons. The van der Waals surface area contributed by atoms with Crippen molar-refractivity contribution < 1.29 is 19.0 Å². The molecule has 1 N–H and O–H groups in total. The quantitative estimate of drug-likeness (QED) is 0.898. The van der Waals surface area contributed by atoms with Gasteiger partial charge in [0.2, 0.25) is 0 Å². The second-order valence-corrected chi connectivity index (χ2v) is 4.21. The first-order valence-corrected chi connectivity index (χ1v) is 6.08. The van der Waals surface area contributed by atoms with E-state index in [9.17, 15) is 4.79 Å². The van der Waals surface area contributed by atoms with Crippen molar-refractivity contribution in [3.05, 3.63) is 24.3 Å². The van der Waals surface area contributed by atoms with Gasteiger partial charge in [-0.1, -0.05) is 6.07 Å². The van der Waals surface area contributed by atoms with E-state index in [1.54, 1.807) is 26.3 Å². The van der Waals surface area contributed by atoms with Crippen molar-refractivity contribution in [3.63, 3.8) is 0 Å². The van der Waals surface area contributed by atoms with Gasteiger partial charge in [0.25, 0.3) is 0 Å². The van der Waals surface area contributed by atoms with Crippen LogP contribution < -0.4 is 10.1 Å². The van der Waals surface area contributed by atoms with E-state index in [4.69, 9.17) is 14.2 Å². The molecule has 0 spiro atoms. The molecular weight excluding hydrogens is 248 g/mol. The predicted molar refractivity (Wildman–Crippen MR) is 70.3 cm³/mol. The van der Waals surface area contributed by atoms with Crippen molar-refractivity contribution in [2.75, 3.05) is 39.2 Å². The lowest BCUT2D eigenvalue weighted by molar-refractivity contribution is -0.0518. The summed E-state index contributed by atoms with van der Waals surface area (Å²) in [5, 5.41) is 2.79. The minimum atomic E-state index is -0.332. The molecule has 0 atom stereocenters. The number of likely N-dealkylation sites (N-methyl/N-ethyl adjacent to an activating group) is 1. The Bertz CT molecular complexity index is 432. The van der Waals surface area contributed by atoms with Crippen LogP contribution in [0.5, 0.6) is 5.75 Å². The number of urea groups is 1. The van der Waals surface area contributed by atoms with Gasteiger partial charge in [-0.25, -0.2) is 4.79 Å². The number of nitrogens with one attached hydrogen (secondary N) is 1. The number of amides is 2. The third-order valence-corrected chi connectivity index (χ3v) is 2.78. The highest BCUT2D eigenvalue weighted by molar-refractivity contribution is 5.89. The molecule has 1 fully saturated rings. The maximum Gasteiger partial charge on any atom is 0.321 e. The van der Waals surface area contributed by atoms with Crippen LogP contribution >= 0.6 is 0 Å². The number of ether oxygens (including phenoxy) is 3. The van der Waals surface area contributed by atoms with E-state index in [1.165, 1.54) is 4.90 Å². The fraction of sp³-hybridized carbons (Fsp3) is 0.462. The molecule has 1 heterocycles. The summed E-state index contributed by atoms with van der Waals surface area (Å²) >= 11 is 0. The van der Waals surface area contributed by atoms with Crippen molar-refractivity contribution in [3.8, 4) is 5.75 Å². The van der Waals surface area contributed by atoms with Gasteiger partial charge < -0.3 is 24.4 Å². The predicted octanol–water partition coefficient (Wildman–Crippen LogP) is 1.53. The van der Waals surface area contributed by atoms with Gasteiger partial charge in [-0.2, -0.15) is 0 Å². The third-order valence-electron chi connectivity index (χ3n) is 2.78. The van der Waals surface area contributed by atoms with Crippen LogP contribution in [0.15, 0.2) is 24.3 Å². The highest BCUT2D eigenvalue weighted by atomic mass is 16.7. The molecule has 6 heteroatoms. The van der Waals surface area contributed by atoms with Crippen LogP contribution in [-0.2, 0) is 9.47 Å². The standard InChI is InChI=1S/C13H18N2O4/c1-15(9-12-18-6-7-19-12)13(16)14-10-4-3-5-11(8-10)17-2/h3-5,8,12H,6-7,9H2,1-2H3,(H,14,16). The van der Waals surface area contributed by atoms with Gasteiger partial charge in [0.05, 0.1) is 26.9 Å². The van der Waals surface area contributed by atoms with Crippen molar-refractivity contribution in [2.24, 2.45) is 0 Å². The number of anilines is 1. The lowest BCUT2D eigenvalue weighted by Gasteiger charge is -2.20. The Morgan fingerprint density at radius 3 is 2.89 bits per heavy atom. The second kappa shape index (κ2) is 6.40. The number of nitrogens with zero attached hydrogens (tertiary/aromatic N) is 1. The topological polar surface area (TPSA) is 60.0 Å². The summed E-state index contributed by atoms with van der Waals surface area (Å²) in [4.78, 5) is 13.5. The van der Waals surface area contributed by atoms with E-state index in [0.717, 1.165) is 0 Å². The SMILES string of the molecule is COc1cccc(NC(=O)N(C)CC2OCCO2)c1. The third kappa shape index (κ3) is 3.84. The van der Waals surface area contributed by atoms with Crippen LogP contribution in [0.25, 0.3) is 0 Å². The molecule has 1 aliphatic rings. The van der Waals surface area contributed by atoms with Crippen LogP contribution in [0.4, 0.5) is 10.5 Å². The molecule has 0 aromatic heterocycles. The molecule has 19 heavy (non-hydrogen) atoms. The van der Waals surface area contributed by atoms with Gasteiger partial charge in [0.15, 0.2) is 6.29 Å². The zero-order valence-electron chi connectivity index (χ0n) is 11.1. The summed E-state index contributed by atoms with van der Waals surface area (Å²) in [5.74, 6) is 0.697. The normalized spacial score (nSPS) is 15.3. The average Bonchev–Trinajstić information content (AvgIpc) is 2.91. The van der Waals surface area contributed by atoms with E-state index >= 15 is 0 Å². The van der Waals surface area contributed by atoms with E-state index < -0.39 is 0 Å². The summed E-state index contributed by atoms with van der Waals surface area (Å²) in [6.45, 7) is 1.56. The van der Waals surface area contributed by atoms with Crippen LogP contribution in [0.2, 0.25) is 0 Å². The van der Waals surface area contributed by atoms with Crippen LogP contribution in [0.1, 0.15) is 0 Å². The summed E-state index contributed by atoms with van der Waals surface area (Å²) in [6.07, 6.45) is -0.332. The Labute approximate surface area is 112 Å². The molecule has 0 bridgehead atoms. The fourth-order valence-corrected chi connectivity index (χ4v) is 1.74. The summed E-state index contributed by atoms with van der Waals surface area (Å²) in [7, 11) is 3.28. The Kier molecular flexibility index (Phi) is 4.59. The lowest BCUT2D eigenvalue weighted by atomic mass is 10.3. The van der Waals surface area contributed by atoms with Gasteiger partial charge >= 0.3 is 6.03 Å². The number of benzene rings is 1. The zero-order chi connectivity index (χ0) is 13.7. The highest BCUT2D eigenvalue weighted by Gasteiger charge is 2.20. The molecular formula is C13H18N2O4. The maximum atomic E-state index is 12.0. The van der Waals surface area contributed by atoms with Gasteiger partial charge in [0.1, 0.15) is 5.75 Å². The molecule has 2 amide bonds. The van der Waals surface area contributed by atoms with Crippen LogP contribution in [-0.4, -0.2) is 51.1 Å². The van der Waals surface area contributed by atoms with E-state index in [0.29, 0.717) is 31.2 Å². The van der Waals surface area contributed by atoms with Crippen molar-refractivity contribution in [1.29, 1.82) is 0 Å². The number of rotatable bonds is 4. The number of methoxy groups -OCH3 is 1. The Morgan fingerprint density at radius 1 is 1.47 bits per heavy atom. The first-order chi connectivity index (χ1) is 9.19. The molecule has 0 saturated carbocycles. The Hall–Kier alpha value is -1.79. The molecule has 0 unspecified atom stereocenters. The Balaban J connectivity index is 1.88. The summed E-state index contributed by atoms with van der Waals surface area (Å²) < 4.78 is 15.7. The summed E-state index contributed by atoms with van der Waals surface area (Å²) in [5.41, 5.74) is 0.685. The summed E-state index contributed by atoms with van der Waals surface area (Å²) in [6, 6.07) is 6.98. The monoisotopic (exact) mass is 266 g/mol. The molecule has 2 rings (SSSR count). The first-order valence-electron chi connectivity index (χ1n) is 6.08. The smallest absolute Gasteiger partial charge is 0.321 e. The van der Waals surface area contributed by atoms with Gasteiger partial charge in [0, 0.05) is 18.8 Å². The first kappa shape index (κ1) is 13.6. The minimum Gasteiger partial charge on any atom is -0.497 e. The number of carbonyl (C=O) groups is 1. The number of hydrogen-bond donors (Lipinski definition) is 1. The van der Waals surface area contributed by atoms with E-state index in [1.807, 2.05) is 12.1 Å². The molecule has 104 valence electrons. The number of hydrogen-bond acceptors (Lipinski definition) is 4. The van der Waals surface area contributed by atoms with Crippen molar-refractivity contribution in [1.82, 2.24) is 4.90 Å². The zero-order valence-corrected chi connectivity index (χ0v) is 11.1. The molecule has 0 aliphatic carbocycles. The van der Waals surface area contributed by atoms with Gasteiger partial charge in [-0.15, -0.1) is 0 Å². The van der Waals surface area contributed by atoms with E-state index in [-0.39, 0.29) is 12.3 Å². The molecule has 1 aliphatic heterocycles. The van der Waals surface area contributed by atoms with Crippen LogP contribution in [0, 0.1) is 0 Å². The fourth-order valence-electron chi connectivity index (χ4n) is 1.74. The van der Waals surface area contributed by atoms with Gasteiger partial charge in [-0.05, 0) is 12.1 Å². The maximum absolute atomic E-state index is 12.0. The minimum absolute atomic E-state index is 0.215. The Morgan fingerprint density at radius 2 is 2.21 bits per heavy atom. The van der Waals surface area contributed by atoms with E-state index in [2.05, 4.69) is 5.32 Å². The molecule has 1 saturated heterocycles. The molecule has 1 aromatic rings. The highest BCUT2D eigenvalue weighted by Crippen LogP contribution is 2.17. The van der Waals surface area contributed by atoms with Crippen LogP contribution in [0.3, 0.4) is 0 Å². The van der Waals surface area contributed by atoms with Gasteiger partial charge in [-0.3, -0.25) is 0 Å². The number of carbonyl (C=O) groups excluding carboxylic acids is 1.